The van der Waals surface area contributed by atoms with Crippen LogP contribution in [0.1, 0.15) is 19.8 Å². The van der Waals surface area contributed by atoms with Crippen molar-refractivity contribution in [2.45, 2.75) is 36.7 Å². The Kier molecular flexibility index (Phi) is 5.37. The van der Waals surface area contributed by atoms with E-state index in [-0.39, 0.29) is 17.7 Å². The van der Waals surface area contributed by atoms with Crippen LogP contribution in [0.2, 0.25) is 0 Å². The van der Waals surface area contributed by atoms with Crippen LogP contribution >= 0.6 is 11.8 Å². The van der Waals surface area contributed by atoms with Gasteiger partial charge in [0.15, 0.2) is 11.6 Å². The van der Waals surface area contributed by atoms with Gasteiger partial charge in [-0.05, 0) is 44.5 Å². The predicted octanol–water partition coefficient (Wildman–Crippen LogP) is 2.31. The highest BCUT2D eigenvalue weighted by Gasteiger charge is 2.19. The van der Waals surface area contributed by atoms with Crippen molar-refractivity contribution in [2.75, 3.05) is 12.3 Å². The highest BCUT2D eigenvalue weighted by molar-refractivity contribution is 8.00. The molecule has 1 aliphatic heterocycles. The molecule has 2 rings (SSSR count). The van der Waals surface area contributed by atoms with Gasteiger partial charge >= 0.3 is 0 Å². The molecule has 1 aromatic rings. The number of amides is 1. The van der Waals surface area contributed by atoms with Crippen molar-refractivity contribution in [1.29, 1.82) is 0 Å². The maximum Gasteiger partial charge on any atom is 0.230 e. The maximum atomic E-state index is 13.0. The van der Waals surface area contributed by atoms with Crippen LogP contribution in [0.5, 0.6) is 0 Å². The Morgan fingerprint density at radius 3 is 2.95 bits per heavy atom. The fraction of sp³-hybridized carbons (Fsp3) is 0.500. The predicted molar refractivity (Wildman–Crippen MR) is 75.7 cm³/mol. The summed E-state index contributed by atoms with van der Waals surface area (Å²) in [7, 11) is 0. The van der Waals surface area contributed by atoms with Gasteiger partial charge in [-0.25, -0.2) is 8.78 Å². The van der Waals surface area contributed by atoms with E-state index >= 15 is 0 Å². The highest BCUT2D eigenvalue weighted by atomic mass is 32.2. The molecule has 6 heteroatoms. The Labute approximate surface area is 121 Å². The van der Waals surface area contributed by atoms with Gasteiger partial charge in [-0.1, -0.05) is 0 Å². The summed E-state index contributed by atoms with van der Waals surface area (Å²) in [5.41, 5.74) is 0. The lowest BCUT2D eigenvalue weighted by Crippen LogP contribution is -2.47. The minimum atomic E-state index is -0.886. The van der Waals surface area contributed by atoms with Crippen LogP contribution < -0.4 is 10.6 Å². The van der Waals surface area contributed by atoms with Gasteiger partial charge in [-0.2, -0.15) is 0 Å². The fourth-order valence-corrected chi connectivity index (χ4v) is 2.98. The molecular formula is C14H18F2N2OS. The van der Waals surface area contributed by atoms with Crippen LogP contribution in [0.25, 0.3) is 0 Å². The van der Waals surface area contributed by atoms with Gasteiger partial charge < -0.3 is 10.6 Å². The van der Waals surface area contributed by atoms with Crippen molar-refractivity contribution >= 4 is 17.7 Å². The van der Waals surface area contributed by atoms with E-state index in [2.05, 4.69) is 17.6 Å². The van der Waals surface area contributed by atoms with Crippen molar-refractivity contribution in [3.05, 3.63) is 29.8 Å². The molecule has 0 spiro atoms. The summed E-state index contributed by atoms with van der Waals surface area (Å²) in [6.07, 6.45) is 1.84. The molecule has 1 saturated heterocycles. The molecule has 1 aliphatic rings. The summed E-state index contributed by atoms with van der Waals surface area (Å²) in [5, 5.41) is 6.30. The molecular weight excluding hydrogens is 282 g/mol. The molecule has 0 aromatic heterocycles. The van der Waals surface area contributed by atoms with E-state index in [0.717, 1.165) is 31.5 Å². The van der Waals surface area contributed by atoms with E-state index in [1.165, 1.54) is 17.8 Å². The molecule has 2 N–H and O–H groups in total. The van der Waals surface area contributed by atoms with Crippen molar-refractivity contribution in [2.24, 2.45) is 0 Å². The molecule has 3 nitrogen and oxygen atoms in total. The first kappa shape index (κ1) is 15.3. The Bertz CT molecular complexity index is 484. The summed E-state index contributed by atoms with van der Waals surface area (Å²) in [5.74, 6) is -1.62. The maximum absolute atomic E-state index is 13.0. The quantitative estimate of drug-likeness (QED) is 0.839. The molecule has 1 heterocycles. The van der Waals surface area contributed by atoms with Crippen molar-refractivity contribution in [1.82, 2.24) is 10.6 Å². The average molecular weight is 300 g/mol. The monoisotopic (exact) mass is 300 g/mol. The lowest BCUT2D eigenvalue weighted by Gasteiger charge is -2.28. The van der Waals surface area contributed by atoms with Gasteiger partial charge in [0.1, 0.15) is 0 Å². The number of piperidine rings is 1. The van der Waals surface area contributed by atoms with Crippen molar-refractivity contribution < 1.29 is 13.6 Å². The number of hydrogen-bond donors (Lipinski definition) is 2. The number of halogens is 2. The van der Waals surface area contributed by atoms with Gasteiger partial charge in [0.2, 0.25) is 5.91 Å². The molecule has 110 valence electrons. The molecule has 2 unspecified atom stereocenters. The van der Waals surface area contributed by atoms with Gasteiger partial charge in [0.05, 0.1) is 5.75 Å². The largest absolute Gasteiger partial charge is 0.353 e. The zero-order chi connectivity index (χ0) is 14.5. The summed E-state index contributed by atoms with van der Waals surface area (Å²) in [6.45, 7) is 3.00. The third kappa shape index (κ3) is 4.45. The van der Waals surface area contributed by atoms with Gasteiger partial charge in [0, 0.05) is 17.0 Å². The molecule has 0 saturated carbocycles. The Balaban J connectivity index is 1.78. The van der Waals surface area contributed by atoms with E-state index in [0.29, 0.717) is 10.9 Å². The van der Waals surface area contributed by atoms with E-state index in [4.69, 9.17) is 0 Å². The Hall–Kier alpha value is -1.14. The summed E-state index contributed by atoms with van der Waals surface area (Å²) in [4.78, 5) is 12.4. The number of carbonyl (C=O) groups is 1. The van der Waals surface area contributed by atoms with Crippen LogP contribution in [-0.2, 0) is 4.79 Å². The molecule has 1 amide bonds. The standard InChI is InChI=1S/C14H18F2N2OS/c1-9-6-10(4-5-17-9)18-14(19)8-20-11-2-3-12(15)13(16)7-11/h2-3,7,9-10,17H,4-6,8H2,1H3,(H,18,19). The number of rotatable bonds is 4. The highest BCUT2D eigenvalue weighted by Crippen LogP contribution is 2.20. The number of benzene rings is 1. The first-order chi connectivity index (χ1) is 9.54. The van der Waals surface area contributed by atoms with Crippen LogP contribution in [0, 0.1) is 11.6 Å². The van der Waals surface area contributed by atoms with Gasteiger partial charge in [0.25, 0.3) is 0 Å². The zero-order valence-corrected chi connectivity index (χ0v) is 12.1. The molecule has 2 atom stereocenters. The lowest BCUT2D eigenvalue weighted by atomic mass is 10.0. The number of carbonyl (C=O) groups excluding carboxylic acids is 1. The normalized spacial score (nSPS) is 22.6. The minimum Gasteiger partial charge on any atom is -0.353 e. The first-order valence-corrected chi connectivity index (χ1v) is 7.64. The van der Waals surface area contributed by atoms with Crippen LogP contribution in [0.4, 0.5) is 8.78 Å². The molecule has 0 radical (unpaired) electrons. The van der Waals surface area contributed by atoms with E-state index in [1.807, 2.05) is 0 Å². The fourth-order valence-electron chi connectivity index (χ4n) is 2.25. The summed E-state index contributed by atoms with van der Waals surface area (Å²) >= 11 is 1.21. The SMILES string of the molecule is CC1CC(NC(=O)CSc2ccc(F)c(F)c2)CCN1. The number of nitrogens with one attached hydrogen (secondary N) is 2. The van der Waals surface area contributed by atoms with E-state index < -0.39 is 11.6 Å². The molecule has 1 aromatic carbocycles. The summed E-state index contributed by atoms with van der Waals surface area (Å²) < 4.78 is 25.8. The summed E-state index contributed by atoms with van der Waals surface area (Å²) in [6, 6.07) is 4.27. The van der Waals surface area contributed by atoms with Crippen LogP contribution in [0.3, 0.4) is 0 Å². The lowest BCUT2D eigenvalue weighted by molar-refractivity contribution is -0.119. The average Bonchev–Trinajstić information content (AvgIpc) is 2.40. The molecule has 0 aliphatic carbocycles. The van der Waals surface area contributed by atoms with Crippen molar-refractivity contribution in [3.63, 3.8) is 0 Å². The molecule has 20 heavy (non-hydrogen) atoms. The third-order valence-corrected chi connectivity index (χ3v) is 4.24. The molecule has 0 bridgehead atoms. The number of hydrogen-bond acceptors (Lipinski definition) is 3. The Morgan fingerprint density at radius 1 is 1.45 bits per heavy atom. The smallest absolute Gasteiger partial charge is 0.230 e. The third-order valence-electron chi connectivity index (χ3n) is 3.25. The van der Waals surface area contributed by atoms with Gasteiger partial charge in [-0.3, -0.25) is 4.79 Å². The van der Waals surface area contributed by atoms with Gasteiger partial charge in [-0.15, -0.1) is 11.8 Å². The van der Waals surface area contributed by atoms with E-state index in [1.54, 1.807) is 0 Å². The minimum absolute atomic E-state index is 0.0705. The zero-order valence-electron chi connectivity index (χ0n) is 11.3. The topological polar surface area (TPSA) is 41.1 Å². The van der Waals surface area contributed by atoms with Crippen molar-refractivity contribution in [3.8, 4) is 0 Å². The second kappa shape index (κ2) is 7.04. The van der Waals surface area contributed by atoms with E-state index in [9.17, 15) is 13.6 Å². The first-order valence-electron chi connectivity index (χ1n) is 6.65. The number of thioether (sulfide) groups is 1. The second-order valence-corrected chi connectivity index (χ2v) is 6.06. The molecule has 1 fully saturated rings. The second-order valence-electron chi connectivity index (χ2n) is 5.01. The van der Waals surface area contributed by atoms with Crippen LogP contribution in [0.15, 0.2) is 23.1 Å². The Morgan fingerprint density at radius 2 is 2.25 bits per heavy atom. The van der Waals surface area contributed by atoms with Crippen LogP contribution in [-0.4, -0.2) is 30.3 Å².